The number of carbonyl (C=O) groups is 1. The Morgan fingerprint density at radius 2 is 2.05 bits per heavy atom. The Morgan fingerprint density at radius 3 is 2.75 bits per heavy atom. The number of aromatic nitrogens is 3. The molecule has 0 radical (unpaired) electrons. The van der Waals surface area contributed by atoms with Gasteiger partial charge in [-0.1, -0.05) is 0 Å². The summed E-state index contributed by atoms with van der Waals surface area (Å²) >= 11 is -0.267. The van der Waals surface area contributed by atoms with Crippen LogP contribution < -0.4 is 5.56 Å². The third-order valence-corrected chi connectivity index (χ3v) is 4.97. The van der Waals surface area contributed by atoms with Crippen LogP contribution in [0.5, 0.6) is 0 Å². The standard InChI is InChI=1S/C13H9N3O3Se/c1-7-6-9(12(18)19)15-13(14-7)16-11(17)8-4-2-3-5-10(8)20-16/h2-6H,1H3,(H,18,19). The molecule has 0 aliphatic carbocycles. The maximum absolute atomic E-state index is 12.3. The Balaban J connectivity index is 2.28. The molecule has 0 aliphatic rings. The van der Waals surface area contributed by atoms with Gasteiger partial charge in [0.1, 0.15) is 0 Å². The second-order valence-corrected chi connectivity index (χ2v) is 6.26. The van der Waals surface area contributed by atoms with Crippen LogP contribution in [0.1, 0.15) is 16.2 Å². The first-order valence-electron chi connectivity index (χ1n) is 5.76. The molecular formula is C13H9N3O3Se. The van der Waals surface area contributed by atoms with Gasteiger partial charge in [0.2, 0.25) is 0 Å². The molecule has 0 saturated heterocycles. The van der Waals surface area contributed by atoms with Crippen LogP contribution >= 0.6 is 0 Å². The monoisotopic (exact) mass is 335 g/mol. The Hall–Kier alpha value is -2.24. The van der Waals surface area contributed by atoms with E-state index < -0.39 is 5.97 Å². The van der Waals surface area contributed by atoms with Crippen molar-refractivity contribution in [1.29, 1.82) is 0 Å². The Bertz CT molecular complexity index is 882. The van der Waals surface area contributed by atoms with E-state index in [0.717, 1.165) is 4.26 Å². The molecule has 0 saturated carbocycles. The summed E-state index contributed by atoms with van der Waals surface area (Å²) in [5, 5.41) is 9.66. The SMILES string of the molecule is Cc1cc(C(=O)O)nc(-n2[se]c3ccccc3c2=O)n1. The first-order chi connectivity index (χ1) is 9.56. The summed E-state index contributed by atoms with van der Waals surface area (Å²) in [6.45, 7) is 1.68. The number of hydrogen-bond donors (Lipinski definition) is 1. The van der Waals surface area contributed by atoms with E-state index in [2.05, 4.69) is 9.97 Å². The molecule has 2 heterocycles. The quantitative estimate of drug-likeness (QED) is 0.702. The summed E-state index contributed by atoms with van der Waals surface area (Å²) in [6.07, 6.45) is 0. The van der Waals surface area contributed by atoms with E-state index in [1.54, 1.807) is 19.1 Å². The Labute approximate surface area is 119 Å². The van der Waals surface area contributed by atoms with Crippen LogP contribution in [0.2, 0.25) is 0 Å². The zero-order valence-corrected chi connectivity index (χ0v) is 12.1. The van der Waals surface area contributed by atoms with Crippen molar-refractivity contribution in [3.05, 3.63) is 52.1 Å². The summed E-state index contributed by atoms with van der Waals surface area (Å²) in [4.78, 5) is 31.5. The van der Waals surface area contributed by atoms with Crippen molar-refractivity contribution in [3.63, 3.8) is 0 Å². The number of benzene rings is 1. The van der Waals surface area contributed by atoms with E-state index >= 15 is 0 Å². The predicted octanol–water partition coefficient (Wildman–Crippen LogP) is 0.844. The summed E-state index contributed by atoms with van der Waals surface area (Å²) in [5.41, 5.74) is 0.238. The van der Waals surface area contributed by atoms with Crippen molar-refractivity contribution in [2.75, 3.05) is 0 Å². The molecule has 1 aromatic carbocycles. The van der Waals surface area contributed by atoms with Gasteiger partial charge in [-0.05, 0) is 0 Å². The van der Waals surface area contributed by atoms with E-state index in [0.29, 0.717) is 11.1 Å². The van der Waals surface area contributed by atoms with Crippen LogP contribution in [0.4, 0.5) is 0 Å². The average molecular weight is 334 g/mol. The van der Waals surface area contributed by atoms with Crippen LogP contribution in [0.25, 0.3) is 15.6 Å². The Kier molecular flexibility index (Phi) is 3.00. The van der Waals surface area contributed by atoms with Gasteiger partial charge >= 0.3 is 119 Å². The zero-order valence-electron chi connectivity index (χ0n) is 10.4. The second-order valence-electron chi connectivity index (χ2n) is 4.19. The number of aromatic carboxylic acids is 1. The predicted molar refractivity (Wildman–Crippen MR) is 73.8 cm³/mol. The molecule has 7 heteroatoms. The van der Waals surface area contributed by atoms with Crippen LogP contribution in [-0.4, -0.2) is 39.3 Å². The summed E-state index contributed by atoms with van der Waals surface area (Å²) in [5.74, 6) is -0.975. The Morgan fingerprint density at radius 1 is 1.30 bits per heavy atom. The van der Waals surface area contributed by atoms with Gasteiger partial charge in [-0.2, -0.15) is 0 Å². The number of aryl methyl sites for hydroxylation is 1. The maximum atomic E-state index is 12.3. The van der Waals surface area contributed by atoms with Crippen molar-refractivity contribution in [1.82, 2.24) is 13.5 Å². The van der Waals surface area contributed by atoms with Gasteiger partial charge in [0.25, 0.3) is 0 Å². The fourth-order valence-corrected chi connectivity index (χ4v) is 3.82. The molecule has 100 valence electrons. The van der Waals surface area contributed by atoms with Crippen molar-refractivity contribution in [2.24, 2.45) is 0 Å². The molecule has 0 bridgehead atoms. The summed E-state index contributed by atoms with van der Waals surface area (Å²) < 4.78 is 2.41. The number of hydrogen-bond acceptors (Lipinski definition) is 4. The van der Waals surface area contributed by atoms with Crippen molar-refractivity contribution < 1.29 is 9.90 Å². The minimum atomic E-state index is -1.13. The van der Waals surface area contributed by atoms with Gasteiger partial charge in [-0.3, -0.25) is 0 Å². The van der Waals surface area contributed by atoms with Crippen LogP contribution in [0.3, 0.4) is 0 Å². The molecule has 0 unspecified atom stereocenters. The number of carboxylic acid groups (broad SMARTS) is 1. The molecule has 0 fully saturated rings. The van der Waals surface area contributed by atoms with E-state index in [1.807, 2.05) is 12.1 Å². The van der Waals surface area contributed by atoms with Crippen LogP contribution in [0.15, 0.2) is 35.1 Å². The molecule has 2 aromatic heterocycles. The molecule has 1 N–H and O–H groups in total. The first kappa shape index (κ1) is 12.8. The number of rotatable bonds is 2. The van der Waals surface area contributed by atoms with Gasteiger partial charge in [0, 0.05) is 0 Å². The molecule has 0 spiro atoms. The van der Waals surface area contributed by atoms with Crippen molar-refractivity contribution in [2.45, 2.75) is 6.92 Å². The van der Waals surface area contributed by atoms with Crippen molar-refractivity contribution in [3.8, 4) is 5.95 Å². The summed E-state index contributed by atoms with van der Waals surface area (Å²) in [7, 11) is 0. The van der Waals surface area contributed by atoms with E-state index in [1.165, 1.54) is 9.63 Å². The molecule has 3 rings (SSSR count). The van der Waals surface area contributed by atoms with E-state index in [-0.39, 0.29) is 31.9 Å². The first-order valence-corrected chi connectivity index (χ1v) is 7.39. The third kappa shape index (κ3) is 2.07. The summed E-state index contributed by atoms with van der Waals surface area (Å²) in [6, 6.07) is 8.70. The van der Waals surface area contributed by atoms with Crippen molar-refractivity contribution >= 4 is 30.3 Å². The average Bonchev–Trinajstić information content (AvgIpc) is 2.76. The van der Waals surface area contributed by atoms with E-state index in [4.69, 9.17) is 5.11 Å². The van der Waals surface area contributed by atoms with Gasteiger partial charge in [-0.15, -0.1) is 0 Å². The van der Waals surface area contributed by atoms with Gasteiger partial charge in [0.05, 0.1) is 0 Å². The molecular weight excluding hydrogens is 325 g/mol. The molecule has 6 nitrogen and oxygen atoms in total. The fraction of sp³-hybridized carbons (Fsp3) is 0.0769. The van der Waals surface area contributed by atoms with Gasteiger partial charge in [-0.25, -0.2) is 0 Å². The van der Waals surface area contributed by atoms with Gasteiger partial charge in [0.15, 0.2) is 0 Å². The zero-order chi connectivity index (χ0) is 14.3. The molecule has 0 amide bonds. The minimum absolute atomic E-state index is 0.105. The molecule has 20 heavy (non-hydrogen) atoms. The molecule has 0 aliphatic heterocycles. The normalized spacial score (nSPS) is 10.8. The number of nitrogens with zero attached hydrogens (tertiary/aromatic N) is 3. The molecule has 0 atom stereocenters. The molecule has 3 aromatic rings. The number of carboxylic acids is 1. The fourth-order valence-electron chi connectivity index (χ4n) is 1.86. The topological polar surface area (TPSA) is 85.1 Å². The number of fused-ring (bicyclic) bond motifs is 1. The second kappa shape index (κ2) is 4.70. The van der Waals surface area contributed by atoms with Crippen LogP contribution in [0, 0.1) is 6.92 Å². The third-order valence-electron chi connectivity index (χ3n) is 2.73. The van der Waals surface area contributed by atoms with Gasteiger partial charge < -0.3 is 0 Å². The van der Waals surface area contributed by atoms with E-state index in [9.17, 15) is 9.59 Å². The van der Waals surface area contributed by atoms with Crippen LogP contribution in [-0.2, 0) is 0 Å².